The molecule has 1 aromatic heterocycles. The number of hydrazone groups is 1. The zero-order valence-corrected chi connectivity index (χ0v) is 26.5. The van der Waals surface area contributed by atoms with E-state index in [0.29, 0.717) is 27.0 Å². The smallest absolute Gasteiger partial charge is 0.337 e. The number of hydrogen-bond acceptors (Lipinski definition) is 9. The Morgan fingerprint density at radius 1 is 0.938 bits per heavy atom. The second kappa shape index (κ2) is 12.7. The molecule has 48 heavy (non-hydrogen) atoms. The number of hydrogen-bond donors (Lipinski definition) is 3. The van der Waals surface area contributed by atoms with Gasteiger partial charge in [0.1, 0.15) is 4.90 Å². The summed E-state index contributed by atoms with van der Waals surface area (Å²) in [6, 6.07) is 23.6. The Morgan fingerprint density at radius 3 is 2.21 bits per heavy atom. The van der Waals surface area contributed by atoms with Gasteiger partial charge in [-0.2, -0.15) is 28.8 Å². The van der Waals surface area contributed by atoms with Crippen LogP contribution in [-0.4, -0.2) is 51.3 Å². The number of fused-ring (bicyclic) bond motifs is 1. The molecule has 1 unspecified atom stereocenters. The number of H-pyrrole nitrogens is 1. The number of carbonyl (C=O) groups is 2. The average Bonchev–Trinajstić information content (AvgIpc) is 3.35. The van der Waals surface area contributed by atoms with E-state index >= 15 is 0 Å². The number of aromatic amines is 1. The maximum absolute atomic E-state index is 13.1. The Kier molecular flexibility index (Phi) is 8.49. The van der Waals surface area contributed by atoms with Gasteiger partial charge in [0.2, 0.25) is 0 Å². The van der Waals surface area contributed by atoms with Gasteiger partial charge in [0.05, 0.1) is 39.2 Å². The van der Waals surface area contributed by atoms with E-state index in [4.69, 9.17) is 12.2 Å². The van der Waals surface area contributed by atoms with Gasteiger partial charge >= 0.3 is 5.97 Å². The summed E-state index contributed by atoms with van der Waals surface area (Å²) in [4.78, 5) is 40.0. The first kappa shape index (κ1) is 32.1. The van der Waals surface area contributed by atoms with Crippen molar-refractivity contribution in [3.05, 3.63) is 123 Å². The minimum Gasteiger partial charge on any atom is -0.478 e. The third-order valence-electron chi connectivity index (χ3n) is 7.42. The van der Waals surface area contributed by atoms with Gasteiger partial charge in [-0.05, 0) is 84.9 Å². The molecule has 13 nitrogen and oxygen atoms in total. The van der Waals surface area contributed by atoms with Gasteiger partial charge in [0, 0.05) is 0 Å². The fourth-order valence-electron chi connectivity index (χ4n) is 5.02. The maximum Gasteiger partial charge on any atom is 0.337 e. The molecular weight excluding hydrogens is 657 g/mol. The molecule has 1 atom stereocenters. The molecule has 1 aliphatic heterocycles. The average molecular weight is 681 g/mol. The number of carbonyl (C=O) groups excluding carboxylic acids is 1. The topological polar surface area (TPSA) is 187 Å². The lowest BCUT2D eigenvalue weighted by atomic mass is 10.1. The van der Waals surface area contributed by atoms with Gasteiger partial charge in [-0.3, -0.25) is 18.7 Å². The van der Waals surface area contributed by atoms with Crippen LogP contribution in [0.15, 0.2) is 116 Å². The van der Waals surface area contributed by atoms with Crippen LogP contribution in [-0.2, 0) is 14.9 Å². The summed E-state index contributed by atoms with van der Waals surface area (Å²) in [5.74, 6) is -2.23. The van der Waals surface area contributed by atoms with Gasteiger partial charge < -0.3 is 10.1 Å². The molecule has 0 bridgehead atoms. The molecule has 3 N–H and O–H groups in total. The highest BCUT2D eigenvalue weighted by Gasteiger charge is 2.35. The van der Waals surface area contributed by atoms with E-state index in [1.54, 1.807) is 31.2 Å². The number of amides is 1. The summed E-state index contributed by atoms with van der Waals surface area (Å²) in [6.07, 6.45) is 3.81. The highest BCUT2D eigenvalue weighted by molar-refractivity contribution is 7.86. The summed E-state index contributed by atoms with van der Waals surface area (Å²) in [7, 11) is -4.81. The van der Waals surface area contributed by atoms with Crippen LogP contribution in [0.4, 0.5) is 11.4 Å². The van der Waals surface area contributed by atoms with E-state index in [0.717, 1.165) is 34.3 Å². The van der Waals surface area contributed by atoms with Gasteiger partial charge in [0.15, 0.2) is 10.8 Å². The Hall–Kier alpha value is -5.90. The zero-order valence-electron chi connectivity index (χ0n) is 24.9. The highest BCUT2D eigenvalue weighted by atomic mass is 32.2. The second-order valence-electron chi connectivity index (χ2n) is 10.6. The second-order valence-corrected chi connectivity index (χ2v) is 12.4. The SMILES string of the molecule is CC1=NN(c2ccc(S(=O)(=O)O)c(C(=O)O)c2)C(=O)C1N=Nc1ccc(/C=C/c2ccc(-n3c(=S)[nH]c4ccccc4c3=O)cc2)cc1. The molecule has 15 heteroatoms. The largest absolute Gasteiger partial charge is 0.478 e. The molecule has 240 valence electrons. The molecule has 6 rings (SSSR count). The molecule has 2 heterocycles. The molecule has 5 aromatic rings. The van der Waals surface area contributed by atoms with Crippen LogP contribution in [0.2, 0.25) is 0 Å². The molecule has 0 spiro atoms. The van der Waals surface area contributed by atoms with Crippen molar-refractivity contribution in [1.82, 2.24) is 9.55 Å². The lowest BCUT2D eigenvalue weighted by Crippen LogP contribution is -2.30. The third kappa shape index (κ3) is 6.37. The van der Waals surface area contributed by atoms with Gasteiger partial charge in [-0.1, -0.05) is 48.6 Å². The molecule has 1 amide bonds. The number of nitrogens with zero attached hydrogens (tertiary/aromatic N) is 5. The van der Waals surface area contributed by atoms with Crippen LogP contribution in [0.5, 0.6) is 0 Å². The predicted octanol–water partition coefficient (Wildman–Crippen LogP) is 6.04. The van der Waals surface area contributed by atoms with Crippen molar-refractivity contribution in [1.29, 1.82) is 0 Å². The minimum atomic E-state index is -4.81. The van der Waals surface area contributed by atoms with Crippen LogP contribution in [0.3, 0.4) is 0 Å². The summed E-state index contributed by atoms with van der Waals surface area (Å²) in [6.45, 7) is 1.56. The number of carboxylic acid groups (broad SMARTS) is 1. The Labute approximate surface area is 277 Å². The number of aromatic nitrogens is 2. The molecule has 1 aliphatic rings. The van der Waals surface area contributed by atoms with Crippen LogP contribution < -0.4 is 10.6 Å². The van der Waals surface area contributed by atoms with Crippen molar-refractivity contribution in [2.45, 2.75) is 17.9 Å². The van der Waals surface area contributed by atoms with Gasteiger partial charge in [0.25, 0.3) is 21.6 Å². The Bertz CT molecular complexity index is 2430. The normalized spacial score (nSPS) is 15.1. The third-order valence-corrected chi connectivity index (χ3v) is 8.62. The molecule has 0 saturated carbocycles. The van der Waals surface area contributed by atoms with Crippen LogP contribution in [0.1, 0.15) is 28.4 Å². The van der Waals surface area contributed by atoms with E-state index < -0.39 is 38.5 Å². The summed E-state index contributed by atoms with van der Waals surface area (Å²) >= 11 is 5.43. The first-order valence-corrected chi connectivity index (χ1v) is 16.0. The Balaban J connectivity index is 1.13. The van der Waals surface area contributed by atoms with E-state index in [1.807, 2.05) is 60.7 Å². The number of azo groups is 1. The molecule has 0 fully saturated rings. The molecule has 0 radical (unpaired) electrons. The Morgan fingerprint density at radius 2 is 1.56 bits per heavy atom. The number of carboxylic acids is 1. The van der Waals surface area contributed by atoms with E-state index in [2.05, 4.69) is 20.3 Å². The lowest BCUT2D eigenvalue weighted by Gasteiger charge is -2.14. The number of rotatable bonds is 8. The lowest BCUT2D eigenvalue weighted by molar-refractivity contribution is -0.117. The van der Waals surface area contributed by atoms with Crippen LogP contribution in [0.25, 0.3) is 28.7 Å². The van der Waals surface area contributed by atoms with Crippen molar-refractivity contribution in [2.24, 2.45) is 15.3 Å². The summed E-state index contributed by atoms with van der Waals surface area (Å²) < 4.78 is 34.2. The standard InChI is InChI=1S/C33H24N6O7S2/c1-19-29(31(41)39(37-19)24-16-17-28(48(44,45)46)26(18-24)32(42)43)36-35-22-12-8-20(9-13-22)6-7-21-10-14-23(15-11-21)38-30(40)25-4-2-3-5-27(25)34-33(38)47/h2-18,29H,1H3,(H,34,47)(H,42,43)(H,44,45,46)/b7-6+,36-35?. The summed E-state index contributed by atoms with van der Waals surface area (Å²) in [5, 5.41) is 23.3. The van der Waals surface area contributed by atoms with Crippen molar-refractivity contribution in [3.63, 3.8) is 0 Å². The van der Waals surface area contributed by atoms with E-state index in [9.17, 15) is 32.5 Å². The minimum absolute atomic E-state index is 0.0149. The monoisotopic (exact) mass is 680 g/mol. The van der Waals surface area contributed by atoms with E-state index in [1.165, 1.54) is 4.57 Å². The molecular formula is C33H24N6O7S2. The van der Waals surface area contributed by atoms with Crippen LogP contribution in [0, 0.1) is 4.77 Å². The predicted molar refractivity (Wildman–Crippen MR) is 182 cm³/mol. The first-order chi connectivity index (χ1) is 22.9. The highest BCUT2D eigenvalue weighted by Crippen LogP contribution is 2.28. The van der Waals surface area contributed by atoms with Crippen molar-refractivity contribution in [2.75, 3.05) is 5.01 Å². The summed E-state index contributed by atoms with van der Waals surface area (Å²) in [5.41, 5.74) is 2.92. The number of benzene rings is 4. The number of anilines is 1. The molecule has 0 saturated heterocycles. The number of nitrogens with one attached hydrogen (secondary N) is 1. The van der Waals surface area contributed by atoms with Crippen molar-refractivity contribution in [3.8, 4) is 5.69 Å². The van der Waals surface area contributed by atoms with E-state index in [-0.39, 0.29) is 17.0 Å². The van der Waals surface area contributed by atoms with Crippen molar-refractivity contribution < 1.29 is 27.7 Å². The fourth-order valence-corrected chi connectivity index (χ4v) is 5.98. The van der Waals surface area contributed by atoms with Gasteiger partial charge in [-0.15, -0.1) is 0 Å². The zero-order chi connectivity index (χ0) is 34.2. The van der Waals surface area contributed by atoms with Crippen molar-refractivity contribution >= 4 is 74.4 Å². The van der Waals surface area contributed by atoms with Gasteiger partial charge in [-0.25, -0.2) is 4.79 Å². The fraction of sp³-hybridized carbons (Fsp3) is 0.0606. The molecule has 0 aliphatic carbocycles. The maximum atomic E-state index is 13.1. The quantitative estimate of drug-likeness (QED) is 0.0766. The number of para-hydroxylation sites is 1. The molecule has 4 aromatic carbocycles. The van der Waals surface area contributed by atoms with Crippen LogP contribution >= 0.6 is 12.2 Å². The number of aromatic carboxylic acids is 1. The first-order valence-electron chi connectivity index (χ1n) is 14.2.